The largest absolute Gasteiger partial charge is 0.401 e. The van der Waals surface area contributed by atoms with Crippen LogP contribution in [0.1, 0.15) is 32.6 Å². The number of hydrogen-bond donors (Lipinski definition) is 1. The van der Waals surface area contributed by atoms with E-state index in [2.05, 4.69) is 5.32 Å². The maximum atomic E-state index is 12.4. The first kappa shape index (κ1) is 13.8. The third-order valence-electron chi connectivity index (χ3n) is 3.36. The maximum Gasteiger partial charge on any atom is 0.401 e. The number of likely N-dealkylation sites (N-methyl/N-ethyl adjacent to an activating group) is 2. The van der Waals surface area contributed by atoms with Crippen molar-refractivity contribution in [1.82, 2.24) is 10.2 Å². The number of hydrogen-bond acceptors (Lipinski definition) is 2. The lowest BCUT2D eigenvalue weighted by atomic mass is 9.89. The molecule has 0 spiro atoms. The summed E-state index contributed by atoms with van der Waals surface area (Å²) in [5.41, 5.74) is 0. The molecular formula is C11H21F3N2. The minimum atomic E-state index is -4.09. The first-order valence-corrected chi connectivity index (χ1v) is 5.96. The average molecular weight is 238 g/mol. The molecule has 0 aliphatic heterocycles. The van der Waals surface area contributed by atoms with Crippen LogP contribution in [-0.4, -0.2) is 43.3 Å². The van der Waals surface area contributed by atoms with Crippen LogP contribution in [0, 0.1) is 0 Å². The highest BCUT2D eigenvalue weighted by atomic mass is 19.4. The topological polar surface area (TPSA) is 15.3 Å². The smallest absolute Gasteiger partial charge is 0.315 e. The molecule has 2 unspecified atom stereocenters. The fourth-order valence-electron chi connectivity index (χ4n) is 2.58. The number of nitrogens with zero attached hydrogens (tertiary/aromatic N) is 1. The van der Waals surface area contributed by atoms with Gasteiger partial charge in [0.25, 0.3) is 0 Å². The van der Waals surface area contributed by atoms with E-state index < -0.39 is 12.7 Å². The van der Waals surface area contributed by atoms with Crippen molar-refractivity contribution in [1.29, 1.82) is 0 Å². The Bertz CT molecular complexity index is 206. The molecule has 0 aromatic heterocycles. The summed E-state index contributed by atoms with van der Waals surface area (Å²) in [7, 11) is 1.84. The lowest BCUT2D eigenvalue weighted by Crippen LogP contribution is -2.53. The molecule has 5 heteroatoms. The van der Waals surface area contributed by atoms with E-state index in [1.54, 1.807) is 11.8 Å². The van der Waals surface area contributed by atoms with E-state index in [0.29, 0.717) is 6.54 Å². The second kappa shape index (κ2) is 5.87. The van der Waals surface area contributed by atoms with E-state index in [1.807, 2.05) is 7.05 Å². The molecule has 0 bridgehead atoms. The van der Waals surface area contributed by atoms with Crippen molar-refractivity contribution in [3.05, 3.63) is 0 Å². The van der Waals surface area contributed by atoms with Gasteiger partial charge in [0.05, 0.1) is 6.54 Å². The molecule has 0 saturated heterocycles. The van der Waals surface area contributed by atoms with Crippen molar-refractivity contribution >= 4 is 0 Å². The molecule has 1 aliphatic carbocycles. The summed E-state index contributed by atoms with van der Waals surface area (Å²) >= 11 is 0. The van der Waals surface area contributed by atoms with E-state index in [9.17, 15) is 13.2 Å². The number of rotatable bonds is 4. The standard InChI is InChI=1S/C11H21F3N2/c1-3-16(8-11(12,13)14)10-7-5-4-6-9(10)15-2/h9-10,15H,3-8H2,1-2H3. The SMILES string of the molecule is CCN(CC(F)(F)F)C1CCCCC1NC. The molecule has 2 nitrogen and oxygen atoms in total. The Morgan fingerprint density at radius 1 is 1.25 bits per heavy atom. The number of halogens is 3. The molecule has 96 valence electrons. The van der Waals surface area contributed by atoms with Gasteiger partial charge >= 0.3 is 6.18 Å². The fraction of sp³-hybridized carbons (Fsp3) is 1.00. The van der Waals surface area contributed by atoms with Gasteiger partial charge in [0.1, 0.15) is 0 Å². The molecule has 1 fully saturated rings. The summed E-state index contributed by atoms with van der Waals surface area (Å²) in [5.74, 6) is 0. The molecule has 1 rings (SSSR count). The van der Waals surface area contributed by atoms with Crippen molar-refractivity contribution in [2.45, 2.75) is 50.9 Å². The Kier molecular flexibility index (Phi) is 5.05. The van der Waals surface area contributed by atoms with Crippen LogP contribution in [0.25, 0.3) is 0 Å². The van der Waals surface area contributed by atoms with Gasteiger partial charge in [0.15, 0.2) is 0 Å². The molecule has 1 saturated carbocycles. The summed E-state index contributed by atoms with van der Waals surface area (Å²) in [6.07, 6.45) is -0.0838. The van der Waals surface area contributed by atoms with E-state index >= 15 is 0 Å². The maximum absolute atomic E-state index is 12.4. The van der Waals surface area contributed by atoms with Crippen molar-refractivity contribution in [3.63, 3.8) is 0 Å². The van der Waals surface area contributed by atoms with Gasteiger partial charge in [-0.1, -0.05) is 19.8 Å². The number of alkyl halides is 3. The summed E-state index contributed by atoms with van der Waals surface area (Å²) in [6, 6.07) is 0.237. The Hall–Kier alpha value is -0.290. The molecule has 1 aliphatic rings. The van der Waals surface area contributed by atoms with Gasteiger partial charge in [-0.3, -0.25) is 4.90 Å². The lowest BCUT2D eigenvalue weighted by Gasteiger charge is -2.39. The third kappa shape index (κ3) is 3.94. The van der Waals surface area contributed by atoms with Gasteiger partial charge in [0.2, 0.25) is 0 Å². The predicted molar refractivity (Wildman–Crippen MR) is 58.4 cm³/mol. The molecule has 2 atom stereocenters. The normalized spacial score (nSPS) is 27.4. The Morgan fingerprint density at radius 3 is 2.38 bits per heavy atom. The van der Waals surface area contributed by atoms with Gasteiger partial charge in [-0.05, 0) is 26.4 Å². The molecule has 0 amide bonds. The quantitative estimate of drug-likeness (QED) is 0.809. The summed E-state index contributed by atoms with van der Waals surface area (Å²) in [5, 5.41) is 3.15. The second-order valence-electron chi connectivity index (χ2n) is 4.43. The van der Waals surface area contributed by atoms with Crippen LogP contribution in [0.5, 0.6) is 0 Å². The van der Waals surface area contributed by atoms with E-state index in [4.69, 9.17) is 0 Å². The Balaban J connectivity index is 2.62. The molecule has 16 heavy (non-hydrogen) atoms. The zero-order chi connectivity index (χ0) is 12.2. The highest BCUT2D eigenvalue weighted by molar-refractivity contribution is 4.87. The zero-order valence-corrected chi connectivity index (χ0v) is 9.98. The fourth-order valence-corrected chi connectivity index (χ4v) is 2.58. The second-order valence-corrected chi connectivity index (χ2v) is 4.43. The van der Waals surface area contributed by atoms with E-state index in [-0.39, 0.29) is 12.1 Å². The van der Waals surface area contributed by atoms with Crippen LogP contribution in [0.4, 0.5) is 13.2 Å². The third-order valence-corrected chi connectivity index (χ3v) is 3.36. The van der Waals surface area contributed by atoms with Crippen molar-refractivity contribution in [2.75, 3.05) is 20.1 Å². The van der Waals surface area contributed by atoms with Crippen LogP contribution >= 0.6 is 0 Å². The van der Waals surface area contributed by atoms with Gasteiger partial charge in [-0.15, -0.1) is 0 Å². The number of nitrogens with one attached hydrogen (secondary N) is 1. The molecule has 0 radical (unpaired) electrons. The monoisotopic (exact) mass is 238 g/mol. The minimum Gasteiger partial charge on any atom is -0.315 e. The van der Waals surface area contributed by atoms with Gasteiger partial charge in [0, 0.05) is 12.1 Å². The van der Waals surface area contributed by atoms with Crippen molar-refractivity contribution in [2.24, 2.45) is 0 Å². The highest BCUT2D eigenvalue weighted by Gasteiger charge is 2.36. The summed E-state index contributed by atoms with van der Waals surface area (Å²) < 4.78 is 37.2. The molecule has 0 aromatic carbocycles. The Morgan fingerprint density at radius 2 is 1.88 bits per heavy atom. The van der Waals surface area contributed by atoms with Gasteiger partial charge < -0.3 is 5.32 Å². The first-order chi connectivity index (χ1) is 7.48. The average Bonchev–Trinajstić information content (AvgIpc) is 2.24. The first-order valence-electron chi connectivity index (χ1n) is 5.96. The van der Waals surface area contributed by atoms with E-state index in [1.165, 1.54) is 0 Å². The predicted octanol–water partition coefficient (Wildman–Crippen LogP) is 2.40. The zero-order valence-electron chi connectivity index (χ0n) is 9.98. The lowest BCUT2D eigenvalue weighted by molar-refractivity contribution is -0.152. The minimum absolute atomic E-state index is 0.0328. The van der Waals surface area contributed by atoms with Crippen LogP contribution in [0.3, 0.4) is 0 Å². The van der Waals surface area contributed by atoms with Gasteiger partial charge in [-0.25, -0.2) is 0 Å². The molecular weight excluding hydrogens is 217 g/mol. The van der Waals surface area contributed by atoms with Crippen molar-refractivity contribution in [3.8, 4) is 0 Å². The van der Waals surface area contributed by atoms with Crippen LogP contribution in [-0.2, 0) is 0 Å². The highest BCUT2D eigenvalue weighted by Crippen LogP contribution is 2.26. The Labute approximate surface area is 95.2 Å². The summed E-state index contributed by atoms with van der Waals surface area (Å²) in [4.78, 5) is 1.56. The van der Waals surface area contributed by atoms with Crippen LogP contribution in [0.2, 0.25) is 0 Å². The molecule has 0 heterocycles. The van der Waals surface area contributed by atoms with E-state index in [0.717, 1.165) is 25.7 Å². The molecule has 0 aromatic rings. The summed E-state index contributed by atoms with van der Waals surface area (Å²) in [6.45, 7) is 1.47. The van der Waals surface area contributed by atoms with Crippen LogP contribution < -0.4 is 5.32 Å². The molecule has 1 N–H and O–H groups in total. The van der Waals surface area contributed by atoms with Gasteiger partial charge in [-0.2, -0.15) is 13.2 Å². The van der Waals surface area contributed by atoms with Crippen LogP contribution in [0.15, 0.2) is 0 Å². The van der Waals surface area contributed by atoms with Crippen molar-refractivity contribution < 1.29 is 13.2 Å².